The van der Waals surface area contributed by atoms with Crippen LogP contribution in [0.25, 0.3) is 0 Å². The van der Waals surface area contributed by atoms with Gasteiger partial charge in [0.1, 0.15) is 0 Å². The summed E-state index contributed by atoms with van der Waals surface area (Å²) >= 11 is 6.07. The van der Waals surface area contributed by atoms with E-state index in [1.807, 2.05) is 19.1 Å². The molecule has 1 saturated carbocycles. The molecule has 0 aliphatic heterocycles. The number of nitrogens with two attached hydrogens (primary N) is 1. The summed E-state index contributed by atoms with van der Waals surface area (Å²) in [5, 5.41) is 0.815. The second kappa shape index (κ2) is 2.48. The molecule has 0 bridgehead atoms. The minimum Gasteiger partial charge on any atom is -0.321 e. The molecule has 1 aliphatic rings. The van der Waals surface area contributed by atoms with Crippen LogP contribution in [0.4, 0.5) is 0 Å². The predicted molar refractivity (Wildman–Crippen MR) is 51.3 cm³/mol. The first-order valence-electron chi connectivity index (χ1n) is 4.17. The van der Waals surface area contributed by atoms with Crippen molar-refractivity contribution in [2.24, 2.45) is 5.73 Å². The van der Waals surface area contributed by atoms with Gasteiger partial charge >= 0.3 is 0 Å². The lowest BCUT2D eigenvalue weighted by Crippen LogP contribution is -2.19. The number of hydrogen-bond acceptors (Lipinski definition) is 1. The molecular formula is C10H12ClN. The molecule has 1 aromatic carbocycles. The van der Waals surface area contributed by atoms with Gasteiger partial charge in [-0.3, -0.25) is 0 Å². The second-order valence-corrected chi connectivity index (χ2v) is 4.05. The highest BCUT2D eigenvalue weighted by molar-refractivity contribution is 6.31. The lowest BCUT2D eigenvalue weighted by molar-refractivity contribution is 0.740. The topological polar surface area (TPSA) is 26.0 Å². The van der Waals surface area contributed by atoms with E-state index in [1.165, 1.54) is 5.56 Å². The van der Waals surface area contributed by atoms with Gasteiger partial charge in [0.2, 0.25) is 0 Å². The van der Waals surface area contributed by atoms with Crippen molar-refractivity contribution in [3.63, 3.8) is 0 Å². The number of rotatable bonds is 1. The van der Waals surface area contributed by atoms with Gasteiger partial charge in [-0.2, -0.15) is 0 Å². The number of halogens is 1. The van der Waals surface area contributed by atoms with Crippen LogP contribution in [0, 0.1) is 6.92 Å². The van der Waals surface area contributed by atoms with Crippen LogP contribution in [0.1, 0.15) is 24.0 Å². The van der Waals surface area contributed by atoms with Gasteiger partial charge in [-0.25, -0.2) is 0 Å². The molecule has 1 aromatic rings. The van der Waals surface area contributed by atoms with Crippen LogP contribution in [0.3, 0.4) is 0 Å². The standard InChI is InChI=1S/C10H12ClN/c1-7-2-3-8(9(11)6-7)10(12)4-5-10/h2-3,6H,4-5,12H2,1H3. The Morgan fingerprint density at radius 1 is 1.42 bits per heavy atom. The Labute approximate surface area is 77.5 Å². The third-order valence-corrected chi connectivity index (χ3v) is 2.76. The second-order valence-electron chi connectivity index (χ2n) is 3.64. The summed E-state index contributed by atoms with van der Waals surface area (Å²) in [6.45, 7) is 2.03. The fourth-order valence-electron chi connectivity index (χ4n) is 1.43. The Balaban J connectivity index is 2.45. The molecule has 0 heterocycles. The zero-order valence-corrected chi connectivity index (χ0v) is 7.86. The third-order valence-electron chi connectivity index (χ3n) is 2.45. The van der Waals surface area contributed by atoms with E-state index in [4.69, 9.17) is 17.3 Å². The molecule has 0 atom stereocenters. The highest BCUT2D eigenvalue weighted by atomic mass is 35.5. The number of benzene rings is 1. The molecule has 0 unspecified atom stereocenters. The summed E-state index contributed by atoms with van der Waals surface area (Å²) in [5.41, 5.74) is 8.22. The molecule has 1 nitrogen and oxygen atoms in total. The average Bonchev–Trinajstić information content (AvgIpc) is 2.68. The van der Waals surface area contributed by atoms with Crippen molar-refractivity contribution in [3.05, 3.63) is 34.3 Å². The Morgan fingerprint density at radius 2 is 2.08 bits per heavy atom. The van der Waals surface area contributed by atoms with E-state index in [1.54, 1.807) is 0 Å². The molecule has 2 rings (SSSR count). The van der Waals surface area contributed by atoms with E-state index in [0.717, 1.165) is 23.4 Å². The molecule has 0 spiro atoms. The Bertz CT molecular complexity index is 316. The lowest BCUT2D eigenvalue weighted by atomic mass is 10.0. The van der Waals surface area contributed by atoms with Crippen molar-refractivity contribution in [2.45, 2.75) is 25.3 Å². The Hall–Kier alpha value is -0.530. The third kappa shape index (κ3) is 1.23. The van der Waals surface area contributed by atoms with Crippen LogP contribution in [-0.4, -0.2) is 0 Å². The molecule has 1 aliphatic carbocycles. The normalized spacial score (nSPS) is 19.2. The van der Waals surface area contributed by atoms with E-state index in [-0.39, 0.29) is 5.54 Å². The molecule has 1 fully saturated rings. The first kappa shape index (κ1) is 8.09. The van der Waals surface area contributed by atoms with Gasteiger partial charge in [0, 0.05) is 10.6 Å². The summed E-state index contributed by atoms with van der Waals surface area (Å²) < 4.78 is 0. The molecule has 0 saturated heterocycles. The quantitative estimate of drug-likeness (QED) is 0.708. The fourth-order valence-corrected chi connectivity index (χ4v) is 1.85. The summed E-state index contributed by atoms with van der Waals surface area (Å²) in [7, 11) is 0. The maximum absolute atomic E-state index is 6.07. The van der Waals surface area contributed by atoms with Crippen LogP contribution in [0.15, 0.2) is 18.2 Å². The SMILES string of the molecule is Cc1ccc(C2(N)CC2)c(Cl)c1. The molecule has 0 amide bonds. The minimum atomic E-state index is -0.106. The molecule has 12 heavy (non-hydrogen) atoms. The molecule has 0 aromatic heterocycles. The summed E-state index contributed by atoms with van der Waals surface area (Å²) in [5.74, 6) is 0. The van der Waals surface area contributed by atoms with E-state index in [9.17, 15) is 0 Å². The Morgan fingerprint density at radius 3 is 2.58 bits per heavy atom. The maximum atomic E-state index is 6.07. The van der Waals surface area contributed by atoms with Gasteiger partial charge in [0.25, 0.3) is 0 Å². The average molecular weight is 182 g/mol. The number of aryl methyl sites for hydroxylation is 1. The zero-order chi connectivity index (χ0) is 8.77. The van der Waals surface area contributed by atoms with Crippen LogP contribution < -0.4 is 5.73 Å². The summed E-state index contributed by atoms with van der Waals surface area (Å²) in [6, 6.07) is 6.09. The van der Waals surface area contributed by atoms with Gasteiger partial charge in [0.05, 0.1) is 0 Å². The van der Waals surface area contributed by atoms with Gasteiger partial charge in [-0.1, -0.05) is 23.7 Å². The highest BCUT2D eigenvalue weighted by Gasteiger charge is 2.41. The van der Waals surface area contributed by atoms with Gasteiger partial charge in [0.15, 0.2) is 0 Å². The highest BCUT2D eigenvalue weighted by Crippen LogP contribution is 2.45. The zero-order valence-electron chi connectivity index (χ0n) is 7.10. The molecule has 2 heteroatoms. The summed E-state index contributed by atoms with van der Waals surface area (Å²) in [6.07, 6.45) is 2.13. The van der Waals surface area contributed by atoms with E-state index in [2.05, 4.69) is 6.07 Å². The number of hydrogen-bond donors (Lipinski definition) is 1. The molecular weight excluding hydrogens is 170 g/mol. The van der Waals surface area contributed by atoms with Crippen molar-refractivity contribution in [3.8, 4) is 0 Å². The van der Waals surface area contributed by atoms with Crippen molar-refractivity contribution < 1.29 is 0 Å². The molecule has 64 valence electrons. The van der Waals surface area contributed by atoms with Crippen LogP contribution in [0.5, 0.6) is 0 Å². The smallest absolute Gasteiger partial charge is 0.0459 e. The predicted octanol–water partition coefficient (Wildman–Crippen LogP) is 2.60. The van der Waals surface area contributed by atoms with Gasteiger partial charge in [-0.05, 0) is 37.0 Å². The van der Waals surface area contributed by atoms with Gasteiger partial charge < -0.3 is 5.73 Å². The van der Waals surface area contributed by atoms with Crippen LogP contribution >= 0.6 is 11.6 Å². The first-order valence-corrected chi connectivity index (χ1v) is 4.55. The Kier molecular flexibility index (Phi) is 1.67. The molecule has 0 radical (unpaired) electrons. The largest absolute Gasteiger partial charge is 0.321 e. The van der Waals surface area contributed by atoms with Crippen molar-refractivity contribution in [2.75, 3.05) is 0 Å². The maximum Gasteiger partial charge on any atom is 0.0459 e. The lowest BCUT2D eigenvalue weighted by Gasteiger charge is -2.11. The van der Waals surface area contributed by atoms with Gasteiger partial charge in [-0.15, -0.1) is 0 Å². The minimum absolute atomic E-state index is 0.106. The van der Waals surface area contributed by atoms with Crippen molar-refractivity contribution in [1.29, 1.82) is 0 Å². The van der Waals surface area contributed by atoms with E-state index < -0.39 is 0 Å². The van der Waals surface area contributed by atoms with E-state index in [0.29, 0.717) is 0 Å². The molecule has 2 N–H and O–H groups in total. The first-order chi connectivity index (χ1) is 5.62. The van der Waals surface area contributed by atoms with Crippen molar-refractivity contribution >= 4 is 11.6 Å². The van der Waals surface area contributed by atoms with Crippen LogP contribution in [-0.2, 0) is 5.54 Å². The van der Waals surface area contributed by atoms with Crippen LogP contribution in [0.2, 0.25) is 5.02 Å². The van der Waals surface area contributed by atoms with E-state index >= 15 is 0 Å². The van der Waals surface area contributed by atoms with Crippen molar-refractivity contribution in [1.82, 2.24) is 0 Å². The summed E-state index contributed by atoms with van der Waals surface area (Å²) in [4.78, 5) is 0. The monoisotopic (exact) mass is 181 g/mol. The fraction of sp³-hybridized carbons (Fsp3) is 0.400.